The molecule has 0 unspecified atom stereocenters. The Morgan fingerprint density at radius 1 is 1.33 bits per heavy atom. The van der Waals surface area contributed by atoms with Crippen LogP contribution in [0.4, 0.5) is 5.69 Å². The van der Waals surface area contributed by atoms with Gasteiger partial charge in [-0.1, -0.05) is 12.1 Å². The molecule has 0 saturated carbocycles. The Bertz CT molecular complexity index is 546. The summed E-state index contributed by atoms with van der Waals surface area (Å²) in [5.41, 5.74) is 2.18. The van der Waals surface area contributed by atoms with E-state index in [1.54, 1.807) is 0 Å². The Kier molecular flexibility index (Phi) is 5.44. The van der Waals surface area contributed by atoms with Crippen molar-refractivity contribution in [3.05, 3.63) is 29.8 Å². The zero-order chi connectivity index (χ0) is 13.9. The first-order valence-corrected chi connectivity index (χ1v) is 7.13. The molecule has 2 aliphatic rings. The fourth-order valence-corrected chi connectivity index (χ4v) is 2.66. The Hall–Kier alpha value is -1.31. The third-order valence-corrected chi connectivity index (χ3v) is 3.80. The number of benzene rings is 1. The van der Waals surface area contributed by atoms with Crippen LogP contribution >= 0.6 is 24.0 Å². The number of amides is 1. The van der Waals surface area contributed by atoms with Crippen LogP contribution in [0.5, 0.6) is 0 Å². The molecule has 0 bridgehead atoms. The van der Waals surface area contributed by atoms with Crippen molar-refractivity contribution in [3.8, 4) is 0 Å². The summed E-state index contributed by atoms with van der Waals surface area (Å²) in [6.07, 6.45) is 1.63. The van der Waals surface area contributed by atoms with Gasteiger partial charge in [0.25, 0.3) is 0 Å². The second-order valence-electron chi connectivity index (χ2n) is 5.30. The van der Waals surface area contributed by atoms with Crippen molar-refractivity contribution in [3.63, 3.8) is 0 Å². The highest BCUT2D eigenvalue weighted by Crippen LogP contribution is 2.22. The van der Waals surface area contributed by atoms with Crippen LogP contribution in [0.2, 0.25) is 0 Å². The number of carbonyl (C=O) groups excluding carboxylic acids is 1. The van der Waals surface area contributed by atoms with Crippen LogP contribution in [0.3, 0.4) is 0 Å². The van der Waals surface area contributed by atoms with E-state index in [1.165, 1.54) is 5.56 Å². The van der Waals surface area contributed by atoms with E-state index in [9.17, 15) is 4.79 Å². The lowest BCUT2D eigenvalue weighted by Crippen LogP contribution is -2.35. The lowest BCUT2D eigenvalue weighted by molar-refractivity contribution is -0.117. The van der Waals surface area contributed by atoms with Crippen molar-refractivity contribution >= 4 is 41.5 Å². The van der Waals surface area contributed by atoms with Gasteiger partial charge in [0.05, 0.1) is 6.54 Å². The number of aliphatic imine (C=N–C) groups is 1. The van der Waals surface area contributed by atoms with Crippen LogP contribution in [0.1, 0.15) is 18.4 Å². The Morgan fingerprint density at radius 2 is 2.19 bits per heavy atom. The van der Waals surface area contributed by atoms with E-state index in [0.717, 1.165) is 44.2 Å². The van der Waals surface area contributed by atoms with E-state index >= 15 is 0 Å². The van der Waals surface area contributed by atoms with E-state index in [-0.39, 0.29) is 29.9 Å². The first-order valence-electron chi connectivity index (χ1n) is 7.13. The Labute approximate surface area is 142 Å². The molecule has 1 N–H and O–H groups in total. The molecule has 1 aromatic rings. The highest BCUT2D eigenvalue weighted by molar-refractivity contribution is 14.0. The van der Waals surface area contributed by atoms with Crippen molar-refractivity contribution in [1.29, 1.82) is 0 Å². The van der Waals surface area contributed by atoms with Crippen molar-refractivity contribution in [2.45, 2.75) is 19.4 Å². The van der Waals surface area contributed by atoms with Gasteiger partial charge in [-0.05, 0) is 24.1 Å². The van der Waals surface area contributed by atoms with Crippen LogP contribution in [0.25, 0.3) is 0 Å². The minimum absolute atomic E-state index is 0. The van der Waals surface area contributed by atoms with E-state index < -0.39 is 0 Å². The van der Waals surface area contributed by atoms with Gasteiger partial charge in [-0.2, -0.15) is 0 Å². The molecule has 1 fully saturated rings. The van der Waals surface area contributed by atoms with Crippen LogP contribution in [-0.4, -0.2) is 43.4 Å². The van der Waals surface area contributed by atoms with E-state index in [0.29, 0.717) is 6.42 Å². The first kappa shape index (κ1) is 16.1. The van der Waals surface area contributed by atoms with Gasteiger partial charge in [0.2, 0.25) is 5.91 Å². The predicted octanol–water partition coefficient (Wildman–Crippen LogP) is 1.82. The van der Waals surface area contributed by atoms with E-state index in [1.807, 2.05) is 24.1 Å². The van der Waals surface area contributed by atoms with Gasteiger partial charge in [0, 0.05) is 38.8 Å². The number of hydrogen-bond donors (Lipinski definition) is 1. The van der Waals surface area contributed by atoms with Crippen molar-refractivity contribution in [2.75, 3.05) is 31.6 Å². The maximum atomic E-state index is 11.8. The van der Waals surface area contributed by atoms with Crippen molar-refractivity contribution in [2.24, 2.45) is 4.99 Å². The molecule has 1 saturated heterocycles. The van der Waals surface area contributed by atoms with Gasteiger partial charge in [0.1, 0.15) is 0 Å². The van der Waals surface area contributed by atoms with Gasteiger partial charge in [-0.3, -0.25) is 9.79 Å². The third-order valence-electron chi connectivity index (χ3n) is 3.80. The summed E-state index contributed by atoms with van der Waals surface area (Å²) in [7, 11) is 2.04. The number of nitrogens with one attached hydrogen (secondary N) is 1. The van der Waals surface area contributed by atoms with Crippen LogP contribution in [0.15, 0.2) is 29.3 Å². The number of hydrogen-bond acceptors (Lipinski definition) is 4. The maximum absolute atomic E-state index is 11.8. The maximum Gasteiger partial charge on any atom is 0.227 e. The molecule has 0 radical (unpaired) electrons. The van der Waals surface area contributed by atoms with Gasteiger partial charge < -0.3 is 15.1 Å². The Morgan fingerprint density at radius 3 is 2.86 bits per heavy atom. The minimum atomic E-state index is 0. The third kappa shape index (κ3) is 3.66. The highest BCUT2D eigenvalue weighted by Gasteiger charge is 2.21. The molecule has 21 heavy (non-hydrogen) atoms. The molecule has 0 aromatic heterocycles. The zero-order valence-corrected chi connectivity index (χ0v) is 14.5. The number of likely N-dealkylation sites (N-methyl/N-ethyl adjacent to an activating group) is 1. The van der Waals surface area contributed by atoms with Gasteiger partial charge in [-0.15, -0.1) is 24.0 Å². The summed E-state index contributed by atoms with van der Waals surface area (Å²) < 4.78 is 0. The summed E-state index contributed by atoms with van der Waals surface area (Å²) in [5.74, 6) is 1.18. The highest BCUT2D eigenvalue weighted by atomic mass is 127. The SMILES string of the molecule is CN1CCN=C1NCc1cccc(N2CCCC2=O)c1.I. The molecule has 2 heterocycles. The van der Waals surface area contributed by atoms with E-state index in [2.05, 4.69) is 27.3 Å². The lowest BCUT2D eigenvalue weighted by Gasteiger charge is -2.18. The molecule has 0 aliphatic carbocycles. The van der Waals surface area contributed by atoms with Crippen molar-refractivity contribution < 1.29 is 4.79 Å². The van der Waals surface area contributed by atoms with Gasteiger partial charge in [-0.25, -0.2) is 0 Å². The molecular formula is C15H21IN4O. The second kappa shape index (κ2) is 7.11. The molecule has 1 aromatic carbocycles. The fourth-order valence-electron chi connectivity index (χ4n) is 2.66. The smallest absolute Gasteiger partial charge is 0.227 e. The van der Waals surface area contributed by atoms with Crippen molar-refractivity contribution in [1.82, 2.24) is 10.2 Å². The molecule has 114 valence electrons. The Balaban J connectivity index is 0.00000161. The number of guanidine groups is 1. The average Bonchev–Trinajstić information content (AvgIpc) is 3.05. The quantitative estimate of drug-likeness (QED) is 0.788. The zero-order valence-electron chi connectivity index (χ0n) is 12.2. The fraction of sp³-hybridized carbons (Fsp3) is 0.467. The molecule has 5 nitrogen and oxygen atoms in total. The average molecular weight is 400 g/mol. The number of halogens is 1. The molecule has 1 amide bonds. The predicted molar refractivity (Wildman–Crippen MR) is 95.2 cm³/mol. The number of anilines is 1. The molecule has 3 rings (SSSR count). The van der Waals surface area contributed by atoms with Crippen LogP contribution < -0.4 is 10.2 Å². The standard InChI is InChI=1S/C15H20N4O.HI/c1-18-9-7-16-15(18)17-11-12-4-2-5-13(10-12)19-8-3-6-14(19)20;/h2,4-5,10H,3,6-9,11H2,1H3,(H,16,17);1H. The molecule has 2 aliphatic heterocycles. The summed E-state index contributed by atoms with van der Waals surface area (Å²) in [4.78, 5) is 20.2. The monoisotopic (exact) mass is 400 g/mol. The van der Waals surface area contributed by atoms with Crippen LogP contribution in [0, 0.1) is 0 Å². The number of nitrogens with zero attached hydrogens (tertiary/aromatic N) is 3. The van der Waals surface area contributed by atoms with E-state index in [4.69, 9.17) is 0 Å². The molecule has 6 heteroatoms. The topological polar surface area (TPSA) is 47.9 Å². The van der Waals surface area contributed by atoms with Crippen LogP contribution in [-0.2, 0) is 11.3 Å². The summed E-state index contributed by atoms with van der Waals surface area (Å²) in [5, 5.41) is 3.35. The lowest BCUT2D eigenvalue weighted by atomic mass is 10.2. The molecule has 0 spiro atoms. The molecular weight excluding hydrogens is 379 g/mol. The van der Waals surface area contributed by atoms with Gasteiger partial charge in [0.15, 0.2) is 5.96 Å². The summed E-state index contributed by atoms with van der Waals surface area (Å²) >= 11 is 0. The number of rotatable bonds is 3. The van der Waals surface area contributed by atoms with Gasteiger partial charge >= 0.3 is 0 Å². The first-order chi connectivity index (χ1) is 9.74. The summed E-state index contributed by atoms with van der Waals surface area (Å²) in [6, 6.07) is 8.18. The largest absolute Gasteiger partial charge is 0.352 e. The normalized spacial score (nSPS) is 17.8. The number of carbonyl (C=O) groups is 1. The minimum Gasteiger partial charge on any atom is -0.352 e. The summed E-state index contributed by atoms with van der Waals surface area (Å²) in [6.45, 7) is 3.41. The molecule has 0 atom stereocenters. The second-order valence-corrected chi connectivity index (χ2v) is 5.30.